The van der Waals surface area contributed by atoms with Gasteiger partial charge in [-0.25, -0.2) is 13.1 Å². The van der Waals surface area contributed by atoms with Crippen LogP contribution in [0.2, 0.25) is 0 Å². The summed E-state index contributed by atoms with van der Waals surface area (Å²) in [5, 5.41) is 5.56. The van der Waals surface area contributed by atoms with E-state index in [9.17, 15) is 22.8 Å². The minimum Gasteiger partial charge on any atom is -0.339 e. The number of rotatable bonds is 12. The summed E-state index contributed by atoms with van der Waals surface area (Å²) < 4.78 is 27.5. The average molecular weight is 529 g/mol. The lowest BCUT2D eigenvalue weighted by Gasteiger charge is -2.20. The van der Waals surface area contributed by atoms with E-state index in [0.29, 0.717) is 30.0 Å². The molecule has 0 radical (unpaired) electrons. The molecule has 3 rings (SSSR count). The normalized spacial score (nSPS) is 15.7. The first-order valence-corrected chi connectivity index (χ1v) is 14.2. The average Bonchev–Trinajstić information content (AvgIpc) is 3.27. The number of carbonyl (C=O) groups excluding carboxylic acids is 3. The Morgan fingerprint density at radius 2 is 1.57 bits per heavy atom. The van der Waals surface area contributed by atoms with Gasteiger partial charge in [0, 0.05) is 42.5 Å². The molecule has 0 aromatic heterocycles. The number of nitrogens with zero attached hydrogens (tertiary/aromatic N) is 1. The van der Waals surface area contributed by atoms with Crippen molar-refractivity contribution >= 4 is 39.1 Å². The van der Waals surface area contributed by atoms with Crippen LogP contribution in [0, 0.1) is 5.92 Å². The summed E-state index contributed by atoms with van der Waals surface area (Å²) in [5.74, 6) is -1.01. The Kier molecular flexibility index (Phi) is 9.82. The van der Waals surface area contributed by atoms with E-state index >= 15 is 0 Å². The molecule has 0 saturated carbocycles. The number of anilines is 2. The van der Waals surface area contributed by atoms with E-state index in [-0.39, 0.29) is 35.1 Å². The van der Waals surface area contributed by atoms with E-state index in [4.69, 9.17) is 0 Å². The molecule has 200 valence electrons. The van der Waals surface area contributed by atoms with Gasteiger partial charge in [-0.1, -0.05) is 26.2 Å². The Morgan fingerprint density at radius 1 is 0.946 bits per heavy atom. The van der Waals surface area contributed by atoms with Crippen LogP contribution >= 0.6 is 0 Å². The largest absolute Gasteiger partial charge is 0.339 e. The molecule has 1 aliphatic rings. The third-order valence-electron chi connectivity index (χ3n) is 6.31. The number of benzene rings is 2. The van der Waals surface area contributed by atoms with Gasteiger partial charge in [-0.05, 0) is 68.8 Å². The number of hydrogen-bond acceptors (Lipinski definition) is 5. The van der Waals surface area contributed by atoms with Crippen LogP contribution in [-0.2, 0) is 19.6 Å². The zero-order valence-corrected chi connectivity index (χ0v) is 22.4. The maximum atomic E-state index is 12.6. The van der Waals surface area contributed by atoms with E-state index in [0.717, 1.165) is 25.7 Å². The third-order valence-corrected chi connectivity index (χ3v) is 7.79. The van der Waals surface area contributed by atoms with Gasteiger partial charge in [-0.3, -0.25) is 14.4 Å². The molecule has 37 heavy (non-hydrogen) atoms. The molecule has 3 amide bonds. The SMILES string of the molecule is CCCCCCNS(=O)(=O)c1ccc(NC(=O)c2ccc(NC(=O)C3CC(=O)N(C(C)C)C3)cc2)cc1. The second kappa shape index (κ2) is 12.8. The van der Waals surface area contributed by atoms with Gasteiger partial charge in [0.2, 0.25) is 21.8 Å². The third kappa shape index (κ3) is 7.87. The maximum Gasteiger partial charge on any atom is 0.255 e. The number of carbonyl (C=O) groups is 3. The van der Waals surface area contributed by atoms with Gasteiger partial charge in [0.05, 0.1) is 10.8 Å². The van der Waals surface area contributed by atoms with E-state index in [1.165, 1.54) is 12.1 Å². The monoisotopic (exact) mass is 528 g/mol. The molecule has 0 aliphatic carbocycles. The Bertz CT molecular complexity index is 1190. The highest BCUT2D eigenvalue weighted by Crippen LogP contribution is 2.22. The van der Waals surface area contributed by atoms with Gasteiger partial charge < -0.3 is 15.5 Å². The van der Waals surface area contributed by atoms with Gasteiger partial charge in [0.15, 0.2) is 0 Å². The van der Waals surface area contributed by atoms with Crippen molar-refractivity contribution in [1.29, 1.82) is 0 Å². The Balaban J connectivity index is 1.52. The number of amides is 3. The number of sulfonamides is 1. The first kappa shape index (κ1) is 28.3. The van der Waals surface area contributed by atoms with E-state index in [1.54, 1.807) is 41.3 Å². The quantitative estimate of drug-likeness (QED) is 0.359. The predicted molar refractivity (Wildman–Crippen MR) is 144 cm³/mol. The van der Waals surface area contributed by atoms with Gasteiger partial charge >= 0.3 is 0 Å². The van der Waals surface area contributed by atoms with Gasteiger partial charge in [-0.2, -0.15) is 0 Å². The summed E-state index contributed by atoms with van der Waals surface area (Å²) in [6.07, 6.45) is 4.13. The van der Waals surface area contributed by atoms with E-state index < -0.39 is 15.9 Å². The van der Waals surface area contributed by atoms with Crippen molar-refractivity contribution in [1.82, 2.24) is 9.62 Å². The highest BCUT2D eigenvalue weighted by atomic mass is 32.2. The molecule has 0 bridgehead atoms. The zero-order valence-electron chi connectivity index (χ0n) is 21.6. The van der Waals surface area contributed by atoms with Crippen LogP contribution < -0.4 is 15.4 Å². The zero-order chi connectivity index (χ0) is 27.0. The molecule has 2 aromatic carbocycles. The number of likely N-dealkylation sites (tertiary alicyclic amines) is 1. The van der Waals surface area contributed by atoms with Crippen LogP contribution in [0.15, 0.2) is 53.4 Å². The fraction of sp³-hybridized carbons (Fsp3) is 0.444. The summed E-state index contributed by atoms with van der Waals surface area (Å²) >= 11 is 0. The lowest BCUT2D eigenvalue weighted by molar-refractivity contribution is -0.129. The van der Waals surface area contributed by atoms with Crippen LogP contribution in [0.1, 0.15) is 63.2 Å². The first-order valence-electron chi connectivity index (χ1n) is 12.7. The Hall–Kier alpha value is -3.24. The molecular formula is C27H36N4O5S. The van der Waals surface area contributed by atoms with Gasteiger partial charge in [-0.15, -0.1) is 0 Å². The standard InChI is InChI=1S/C27H36N4O5S/c1-4-5-6-7-16-28-37(35,36)24-14-12-23(13-15-24)29-26(33)20-8-10-22(11-9-20)30-27(34)21-17-25(32)31(18-21)19(2)3/h8-15,19,21,28H,4-7,16-18H2,1-3H3,(H,29,33)(H,30,34). The molecule has 1 aliphatic heterocycles. The minimum atomic E-state index is -3.59. The number of hydrogen-bond donors (Lipinski definition) is 3. The highest BCUT2D eigenvalue weighted by Gasteiger charge is 2.35. The fourth-order valence-corrected chi connectivity index (χ4v) is 5.19. The maximum absolute atomic E-state index is 12.6. The van der Waals surface area contributed by atoms with Gasteiger partial charge in [0.1, 0.15) is 0 Å². The molecule has 1 saturated heterocycles. The smallest absolute Gasteiger partial charge is 0.255 e. The topological polar surface area (TPSA) is 125 Å². The van der Waals surface area contributed by atoms with Crippen LogP contribution in [0.25, 0.3) is 0 Å². The number of nitrogens with one attached hydrogen (secondary N) is 3. The van der Waals surface area contributed by atoms with Crippen LogP contribution in [0.5, 0.6) is 0 Å². The lowest BCUT2D eigenvalue weighted by atomic mass is 10.1. The van der Waals surface area contributed by atoms with Gasteiger partial charge in [0.25, 0.3) is 5.91 Å². The molecular weight excluding hydrogens is 492 g/mol. The number of unbranched alkanes of at least 4 members (excludes halogenated alkanes) is 3. The van der Waals surface area contributed by atoms with Crippen molar-refractivity contribution in [3.05, 3.63) is 54.1 Å². The van der Waals surface area contributed by atoms with E-state index in [1.807, 2.05) is 13.8 Å². The summed E-state index contributed by atoms with van der Waals surface area (Å²) in [6, 6.07) is 12.5. The lowest BCUT2D eigenvalue weighted by Crippen LogP contribution is -2.33. The van der Waals surface area contributed by atoms with Crippen molar-refractivity contribution in [2.45, 2.75) is 63.8 Å². The van der Waals surface area contributed by atoms with Crippen LogP contribution in [0.3, 0.4) is 0 Å². The van der Waals surface area contributed by atoms with Crippen molar-refractivity contribution < 1.29 is 22.8 Å². The summed E-state index contributed by atoms with van der Waals surface area (Å²) in [5.41, 5.74) is 1.38. The highest BCUT2D eigenvalue weighted by molar-refractivity contribution is 7.89. The predicted octanol–water partition coefficient (Wildman–Crippen LogP) is 3.99. The van der Waals surface area contributed by atoms with Crippen molar-refractivity contribution in [2.75, 3.05) is 23.7 Å². The summed E-state index contributed by atoms with van der Waals surface area (Å²) in [7, 11) is -3.59. The van der Waals surface area contributed by atoms with Crippen LogP contribution in [-0.4, -0.2) is 50.2 Å². The molecule has 0 spiro atoms. The molecule has 9 nitrogen and oxygen atoms in total. The first-order chi connectivity index (χ1) is 17.6. The second-order valence-corrected chi connectivity index (χ2v) is 11.3. The van der Waals surface area contributed by atoms with Crippen LogP contribution in [0.4, 0.5) is 11.4 Å². The molecule has 1 unspecified atom stereocenters. The molecule has 1 heterocycles. The molecule has 2 aromatic rings. The van der Waals surface area contributed by atoms with Crippen molar-refractivity contribution in [3.63, 3.8) is 0 Å². The molecule has 1 atom stereocenters. The molecule has 3 N–H and O–H groups in total. The molecule has 1 fully saturated rings. The second-order valence-electron chi connectivity index (χ2n) is 9.54. The minimum absolute atomic E-state index is 0.0218. The summed E-state index contributed by atoms with van der Waals surface area (Å²) in [4.78, 5) is 39.1. The Morgan fingerprint density at radius 3 is 2.16 bits per heavy atom. The van der Waals surface area contributed by atoms with Crippen molar-refractivity contribution in [3.8, 4) is 0 Å². The van der Waals surface area contributed by atoms with E-state index in [2.05, 4.69) is 22.3 Å². The molecule has 10 heteroatoms. The van der Waals surface area contributed by atoms with Crippen molar-refractivity contribution in [2.24, 2.45) is 5.92 Å². The summed E-state index contributed by atoms with van der Waals surface area (Å²) in [6.45, 7) is 6.74. The fourth-order valence-electron chi connectivity index (χ4n) is 4.12. The Labute approximate surface area is 219 Å².